The van der Waals surface area contributed by atoms with Crippen LogP contribution in [0.3, 0.4) is 0 Å². The van der Waals surface area contributed by atoms with Crippen molar-refractivity contribution in [3.63, 3.8) is 0 Å². The first-order valence-corrected chi connectivity index (χ1v) is 8.29. The summed E-state index contributed by atoms with van der Waals surface area (Å²) in [6, 6.07) is 3.28. The van der Waals surface area contributed by atoms with Gasteiger partial charge in [0.1, 0.15) is 11.2 Å². The van der Waals surface area contributed by atoms with E-state index in [9.17, 15) is 8.42 Å². The van der Waals surface area contributed by atoms with E-state index >= 15 is 0 Å². The molecule has 0 aliphatic rings. The van der Waals surface area contributed by atoms with Gasteiger partial charge in [-0.25, -0.2) is 18.2 Å². The molecule has 1 aromatic heterocycles. The van der Waals surface area contributed by atoms with Gasteiger partial charge in [-0.05, 0) is 44.0 Å². The van der Waals surface area contributed by atoms with Crippen molar-refractivity contribution >= 4 is 63.8 Å². The topological polar surface area (TPSA) is 87.7 Å². The lowest BCUT2D eigenvalue weighted by atomic mass is 10.4. The fourth-order valence-electron chi connectivity index (χ4n) is 1.22. The van der Waals surface area contributed by atoms with E-state index in [0.717, 1.165) is 4.47 Å². The van der Waals surface area contributed by atoms with E-state index in [0.29, 0.717) is 8.95 Å². The van der Waals surface area contributed by atoms with Gasteiger partial charge in [0.25, 0.3) is 10.0 Å². The third-order valence-electron chi connectivity index (χ3n) is 1.88. The van der Waals surface area contributed by atoms with Crippen LogP contribution in [0.5, 0.6) is 0 Å². The van der Waals surface area contributed by atoms with Crippen LogP contribution in [0.4, 0.5) is 5.95 Å². The minimum Gasteiger partial charge on any atom is -0.248 e. The predicted octanol–water partition coefficient (Wildman–Crippen LogP) is 2.89. The monoisotopic (exact) mass is 458 g/mol. The summed E-state index contributed by atoms with van der Waals surface area (Å²) in [5, 5.41) is 5.99. The fourth-order valence-corrected chi connectivity index (χ4v) is 5.84. The average Bonchev–Trinajstić information content (AvgIpc) is 2.66. The number of halogens is 3. The number of anilines is 1. The Morgan fingerprint density at radius 2 is 1.78 bits per heavy atom. The lowest BCUT2D eigenvalue weighted by Crippen LogP contribution is -2.15. The first-order valence-electron chi connectivity index (χ1n) is 4.43. The van der Waals surface area contributed by atoms with Crippen LogP contribution in [0, 0.1) is 0 Å². The highest BCUT2D eigenvalue weighted by Gasteiger charge is 2.22. The summed E-state index contributed by atoms with van der Waals surface area (Å²) in [5.41, 5.74) is 0. The summed E-state index contributed by atoms with van der Waals surface area (Å²) in [6.45, 7) is 0. The quantitative estimate of drug-likeness (QED) is 0.737. The van der Waals surface area contributed by atoms with Crippen LogP contribution in [-0.4, -0.2) is 23.6 Å². The van der Waals surface area contributed by atoms with Gasteiger partial charge >= 0.3 is 0 Å². The Hall–Kier alpha value is -0.450. The maximum absolute atomic E-state index is 12.2. The Balaban J connectivity index is 2.48. The molecule has 0 spiro atoms. The van der Waals surface area contributed by atoms with E-state index < -0.39 is 10.0 Å². The molecule has 0 atom stereocenters. The molecule has 0 bridgehead atoms. The highest BCUT2D eigenvalue weighted by molar-refractivity contribution is 9.11. The Morgan fingerprint density at radius 1 is 1.17 bits per heavy atom. The Bertz CT molecular complexity index is 649. The number of H-pyrrole nitrogens is 1. The molecular formula is C8H5Br3N4O2S. The van der Waals surface area contributed by atoms with Crippen LogP contribution in [0.15, 0.2) is 36.8 Å². The molecule has 0 unspecified atom stereocenters. The molecule has 96 valence electrons. The fraction of sp³-hybridized carbons (Fsp3) is 0. The predicted molar refractivity (Wildman–Crippen MR) is 76.7 cm³/mol. The Morgan fingerprint density at radius 3 is 2.28 bits per heavy atom. The molecule has 1 aromatic carbocycles. The summed E-state index contributed by atoms with van der Waals surface area (Å²) in [4.78, 5) is 3.79. The summed E-state index contributed by atoms with van der Waals surface area (Å²) in [7, 11) is -3.76. The lowest BCUT2D eigenvalue weighted by Gasteiger charge is -2.09. The van der Waals surface area contributed by atoms with Gasteiger partial charge in [-0.3, -0.25) is 0 Å². The molecule has 18 heavy (non-hydrogen) atoms. The maximum Gasteiger partial charge on any atom is 0.266 e. The number of nitrogens with zero attached hydrogens (tertiary/aromatic N) is 2. The van der Waals surface area contributed by atoms with Crippen molar-refractivity contribution in [3.8, 4) is 0 Å². The third kappa shape index (κ3) is 2.92. The number of hydrogen-bond acceptors (Lipinski definition) is 4. The average molecular weight is 461 g/mol. The van der Waals surface area contributed by atoms with Crippen LogP contribution < -0.4 is 4.72 Å². The van der Waals surface area contributed by atoms with Gasteiger partial charge in [-0.15, -0.1) is 0 Å². The summed E-state index contributed by atoms with van der Waals surface area (Å²) >= 11 is 9.70. The third-order valence-corrected chi connectivity index (χ3v) is 5.55. The van der Waals surface area contributed by atoms with Crippen LogP contribution in [-0.2, 0) is 10.0 Å². The second-order valence-electron chi connectivity index (χ2n) is 3.14. The second-order valence-corrected chi connectivity index (χ2v) is 7.38. The molecule has 0 saturated heterocycles. The highest BCUT2D eigenvalue weighted by Crippen LogP contribution is 2.33. The second kappa shape index (κ2) is 5.27. The summed E-state index contributed by atoms with van der Waals surface area (Å²) in [6.07, 6.45) is 1.21. The molecule has 2 aromatic rings. The number of aromatic nitrogens is 3. The Kier molecular flexibility index (Phi) is 4.09. The van der Waals surface area contributed by atoms with Crippen molar-refractivity contribution in [2.75, 3.05) is 4.72 Å². The van der Waals surface area contributed by atoms with E-state index in [1.165, 1.54) is 6.33 Å². The number of benzene rings is 1. The van der Waals surface area contributed by atoms with Crippen molar-refractivity contribution in [1.29, 1.82) is 0 Å². The van der Waals surface area contributed by atoms with Crippen molar-refractivity contribution < 1.29 is 8.42 Å². The standard InChI is InChI=1S/C8H5Br3N4O2S/c9-4-1-5(10)7(6(11)2-4)18(16,17)15-8-12-3-13-14-8/h1-3H,(H2,12,13,14,15). The molecule has 2 N–H and O–H groups in total. The van der Waals surface area contributed by atoms with Gasteiger partial charge in [0, 0.05) is 13.4 Å². The summed E-state index contributed by atoms with van der Waals surface area (Å²) in [5.74, 6) is 0.0525. The summed E-state index contributed by atoms with van der Waals surface area (Å²) < 4.78 is 28.2. The number of aromatic amines is 1. The molecule has 0 radical (unpaired) electrons. The zero-order chi connectivity index (χ0) is 13.3. The molecular weight excluding hydrogens is 456 g/mol. The molecule has 0 aliphatic heterocycles. The van der Waals surface area contributed by atoms with E-state index in [-0.39, 0.29) is 10.8 Å². The smallest absolute Gasteiger partial charge is 0.248 e. The number of sulfonamides is 1. The molecule has 0 saturated carbocycles. The molecule has 2 rings (SSSR count). The van der Waals surface area contributed by atoms with Gasteiger partial charge in [-0.2, -0.15) is 10.1 Å². The van der Waals surface area contributed by atoms with Crippen LogP contribution in [0.1, 0.15) is 0 Å². The first kappa shape index (κ1) is 14.0. The Labute approximate surface area is 128 Å². The molecule has 6 nitrogen and oxygen atoms in total. The van der Waals surface area contributed by atoms with Gasteiger partial charge < -0.3 is 0 Å². The molecule has 0 amide bonds. The van der Waals surface area contributed by atoms with E-state index in [2.05, 4.69) is 67.7 Å². The van der Waals surface area contributed by atoms with Gasteiger partial charge in [0.15, 0.2) is 0 Å². The van der Waals surface area contributed by atoms with Crippen LogP contribution in [0.2, 0.25) is 0 Å². The minimum atomic E-state index is -3.76. The molecule has 1 heterocycles. The lowest BCUT2D eigenvalue weighted by molar-refractivity contribution is 0.600. The van der Waals surface area contributed by atoms with Crippen LogP contribution in [0.25, 0.3) is 0 Å². The van der Waals surface area contributed by atoms with Crippen molar-refractivity contribution in [2.45, 2.75) is 4.90 Å². The van der Waals surface area contributed by atoms with Gasteiger partial charge in [-0.1, -0.05) is 15.9 Å². The molecule has 10 heteroatoms. The molecule has 0 fully saturated rings. The largest absolute Gasteiger partial charge is 0.266 e. The zero-order valence-corrected chi connectivity index (χ0v) is 14.1. The van der Waals surface area contributed by atoms with Crippen molar-refractivity contribution in [1.82, 2.24) is 15.2 Å². The van der Waals surface area contributed by atoms with Gasteiger partial charge in [0.05, 0.1) is 0 Å². The minimum absolute atomic E-state index is 0.0525. The van der Waals surface area contributed by atoms with Crippen LogP contribution >= 0.6 is 47.8 Å². The zero-order valence-electron chi connectivity index (χ0n) is 8.49. The number of rotatable bonds is 3. The van der Waals surface area contributed by atoms with E-state index in [4.69, 9.17) is 0 Å². The maximum atomic E-state index is 12.2. The van der Waals surface area contributed by atoms with Gasteiger partial charge in [0.2, 0.25) is 5.95 Å². The highest BCUT2D eigenvalue weighted by atomic mass is 79.9. The number of hydrogen-bond donors (Lipinski definition) is 2. The van der Waals surface area contributed by atoms with Crippen molar-refractivity contribution in [3.05, 3.63) is 31.9 Å². The first-order chi connectivity index (χ1) is 8.40. The van der Waals surface area contributed by atoms with E-state index in [1.807, 2.05) is 0 Å². The van der Waals surface area contributed by atoms with E-state index in [1.54, 1.807) is 12.1 Å². The van der Waals surface area contributed by atoms with Crippen molar-refractivity contribution in [2.24, 2.45) is 0 Å². The number of nitrogens with one attached hydrogen (secondary N) is 2. The SMILES string of the molecule is O=S(=O)(Nc1ncn[nH]1)c1c(Br)cc(Br)cc1Br. The molecule has 0 aliphatic carbocycles. The normalized spacial score (nSPS) is 11.5.